The Kier molecular flexibility index (Phi) is 3.93. The van der Waals surface area contributed by atoms with Crippen LogP contribution < -0.4 is 10.1 Å². The van der Waals surface area contributed by atoms with Crippen molar-refractivity contribution >= 4 is 17.6 Å². The van der Waals surface area contributed by atoms with E-state index in [4.69, 9.17) is 4.74 Å². The number of methoxy groups -OCH3 is 1. The summed E-state index contributed by atoms with van der Waals surface area (Å²) >= 11 is 2.03. The summed E-state index contributed by atoms with van der Waals surface area (Å²) in [7, 11) is 1.69. The van der Waals surface area contributed by atoms with E-state index >= 15 is 0 Å². The highest BCUT2D eigenvalue weighted by Crippen LogP contribution is 2.26. The lowest BCUT2D eigenvalue weighted by Crippen LogP contribution is -2.25. The summed E-state index contributed by atoms with van der Waals surface area (Å²) in [6.45, 7) is 2.00. The molecule has 2 rings (SSSR count). The Morgan fingerprint density at radius 1 is 1.38 bits per heavy atom. The van der Waals surface area contributed by atoms with Crippen molar-refractivity contribution in [2.24, 2.45) is 0 Å². The lowest BCUT2D eigenvalue weighted by Gasteiger charge is -2.24. The molecule has 1 N–H and O–H groups in total. The number of ether oxygens (including phenoxy) is 1. The number of aromatic nitrogens is 1. The largest absolute Gasteiger partial charge is 0.493 e. The summed E-state index contributed by atoms with van der Waals surface area (Å²) in [4.78, 5) is 4.50. The van der Waals surface area contributed by atoms with Gasteiger partial charge >= 0.3 is 0 Å². The van der Waals surface area contributed by atoms with Gasteiger partial charge in [-0.1, -0.05) is 0 Å². The molecule has 1 aromatic heterocycles. The third kappa shape index (κ3) is 2.82. The minimum absolute atomic E-state index is 0.546. The van der Waals surface area contributed by atoms with Crippen molar-refractivity contribution in [3.8, 4) is 5.75 Å². The smallest absolute Gasteiger partial charge is 0.169 e. The van der Waals surface area contributed by atoms with Crippen molar-refractivity contribution < 1.29 is 4.74 Å². The first-order chi connectivity index (χ1) is 7.79. The maximum Gasteiger partial charge on any atom is 0.169 e. The second-order valence-electron chi connectivity index (χ2n) is 4.03. The van der Waals surface area contributed by atoms with Gasteiger partial charge in [0.1, 0.15) is 0 Å². The van der Waals surface area contributed by atoms with E-state index in [0.717, 1.165) is 17.3 Å². The number of nitrogens with one attached hydrogen (secondary N) is 1. The number of hydrogen-bond acceptors (Lipinski definition) is 4. The molecule has 2 heterocycles. The molecule has 0 bridgehead atoms. The molecular formula is C12H18N2OS. The maximum absolute atomic E-state index is 5.31. The van der Waals surface area contributed by atoms with Crippen molar-refractivity contribution in [2.45, 2.75) is 25.8 Å². The Labute approximate surface area is 101 Å². The Morgan fingerprint density at radius 3 is 2.81 bits per heavy atom. The van der Waals surface area contributed by atoms with Crippen molar-refractivity contribution in [3.05, 3.63) is 17.8 Å². The fourth-order valence-corrected chi connectivity index (χ4v) is 2.95. The molecule has 0 atom stereocenters. The monoisotopic (exact) mass is 238 g/mol. The molecule has 16 heavy (non-hydrogen) atoms. The minimum Gasteiger partial charge on any atom is -0.493 e. The molecule has 0 aromatic carbocycles. The average Bonchev–Trinajstić information content (AvgIpc) is 2.31. The van der Waals surface area contributed by atoms with Crippen LogP contribution in [0.15, 0.2) is 12.1 Å². The quantitative estimate of drug-likeness (QED) is 0.878. The highest BCUT2D eigenvalue weighted by atomic mass is 32.2. The van der Waals surface area contributed by atoms with E-state index in [9.17, 15) is 0 Å². The van der Waals surface area contributed by atoms with E-state index in [1.165, 1.54) is 24.3 Å². The van der Waals surface area contributed by atoms with E-state index in [2.05, 4.69) is 10.3 Å². The second kappa shape index (κ2) is 5.43. The lowest BCUT2D eigenvalue weighted by atomic mass is 10.1. The standard InChI is InChI=1S/C12H18N2OS/c1-9-3-4-11(15-2)12(13-9)14-10-5-7-16-8-6-10/h3-4,10H,5-8H2,1-2H3,(H,13,14). The molecule has 1 aromatic rings. The van der Waals surface area contributed by atoms with Gasteiger partial charge < -0.3 is 10.1 Å². The highest BCUT2D eigenvalue weighted by molar-refractivity contribution is 7.99. The van der Waals surface area contributed by atoms with Crippen LogP contribution in [-0.4, -0.2) is 29.6 Å². The minimum atomic E-state index is 0.546. The van der Waals surface area contributed by atoms with Crippen molar-refractivity contribution in [1.82, 2.24) is 4.98 Å². The fourth-order valence-electron chi connectivity index (χ4n) is 1.85. The van der Waals surface area contributed by atoms with Gasteiger partial charge in [-0.05, 0) is 43.4 Å². The van der Waals surface area contributed by atoms with Crippen molar-refractivity contribution in [1.29, 1.82) is 0 Å². The average molecular weight is 238 g/mol. The molecule has 0 radical (unpaired) electrons. The zero-order chi connectivity index (χ0) is 11.4. The van der Waals surface area contributed by atoms with Crippen LogP contribution in [0.1, 0.15) is 18.5 Å². The number of pyridine rings is 1. The third-order valence-electron chi connectivity index (χ3n) is 2.78. The van der Waals surface area contributed by atoms with Gasteiger partial charge in [0.25, 0.3) is 0 Å². The summed E-state index contributed by atoms with van der Waals surface area (Å²) in [5.41, 5.74) is 1.02. The number of aryl methyl sites for hydroxylation is 1. The van der Waals surface area contributed by atoms with E-state index in [0.29, 0.717) is 6.04 Å². The molecule has 4 heteroatoms. The van der Waals surface area contributed by atoms with Crippen LogP contribution in [0.3, 0.4) is 0 Å². The number of nitrogens with zero attached hydrogens (tertiary/aromatic N) is 1. The van der Waals surface area contributed by atoms with Crippen molar-refractivity contribution in [3.63, 3.8) is 0 Å². The number of thioether (sulfide) groups is 1. The summed E-state index contributed by atoms with van der Waals surface area (Å²) in [5, 5.41) is 3.49. The molecule has 0 amide bonds. The first-order valence-electron chi connectivity index (χ1n) is 5.65. The van der Waals surface area contributed by atoms with Crippen molar-refractivity contribution in [2.75, 3.05) is 23.9 Å². The predicted octanol–water partition coefficient (Wildman–Crippen LogP) is 2.71. The summed E-state index contributed by atoms with van der Waals surface area (Å²) in [6.07, 6.45) is 2.42. The number of anilines is 1. The third-order valence-corrected chi connectivity index (χ3v) is 3.83. The topological polar surface area (TPSA) is 34.1 Å². The van der Waals surface area contributed by atoms with Gasteiger partial charge in [-0.3, -0.25) is 0 Å². The molecule has 0 saturated carbocycles. The van der Waals surface area contributed by atoms with Crippen LogP contribution in [0.2, 0.25) is 0 Å². The number of rotatable bonds is 3. The van der Waals surface area contributed by atoms with Gasteiger partial charge in [-0.2, -0.15) is 11.8 Å². The summed E-state index contributed by atoms with van der Waals surface area (Å²) in [6, 6.07) is 4.49. The maximum atomic E-state index is 5.31. The van der Waals surface area contributed by atoms with Gasteiger partial charge in [0.2, 0.25) is 0 Å². The van der Waals surface area contributed by atoms with Crippen LogP contribution in [0.25, 0.3) is 0 Å². The molecular weight excluding hydrogens is 220 g/mol. The van der Waals surface area contributed by atoms with E-state index in [-0.39, 0.29) is 0 Å². The van der Waals surface area contributed by atoms with Gasteiger partial charge in [-0.15, -0.1) is 0 Å². The highest BCUT2D eigenvalue weighted by Gasteiger charge is 2.15. The lowest BCUT2D eigenvalue weighted by molar-refractivity contribution is 0.413. The molecule has 88 valence electrons. The zero-order valence-corrected chi connectivity index (χ0v) is 10.6. The van der Waals surface area contributed by atoms with E-state index in [1.54, 1.807) is 7.11 Å². The van der Waals surface area contributed by atoms with Crippen LogP contribution in [0.4, 0.5) is 5.82 Å². The number of hydrogen-bond donors (Lipinski definition) is 1. The SMILES string of the molecule is COc1ccc(C)nc1NC1CCSCC1. The molecule has 1 saturated heterocycles. The van der Waals surface area contributed by atoms with Gasteiger partial charge in [0.05, 0.1) is 7.11 Å². The Hall–Kier alpha value is -0.900. The van der Waals surface area contributed by atoms with Crippen LogP contribution in [-0.2, 0) is 0 Å². The first-order valence-corrected chi connectivity index (χ1v) is 6.81. The van der Waals surface area contributed by atoms with Gasteiger partial charge in [-0.25, -0.2) is 4.98 Å². The molecule has 0 spiro atoms. The van der Waals surface area contributed by atoms with E-state index in [1.807, 2.05) is 30.8 Å². The molecule has 1 fully saturated rings. The Bertz CT molecular complexity index is 351. The second-order valence-corrected chi connectivity index (χ2v) is 5.26. The molecule has 0 unspecified atom stereocenters. The fraction of sp³-hybridized carbons (Fsp3) is 0.583. The first kappa shape index (κ1) is 11.6. The predicted molar refractivity (Wildman–Crippen MR) is 69.5 cm³/mol. The zero-order valence-electron chi connectivity index (χ0n) is 9.82. The van der Waals surface area contributed by atoms with Crippen LogP contribution in [0, 0.1) is 6.92 Å². The molecule has 0 aliphatic carbocycles. The van der Waals surface area contributed by atoms with Gasteiger partial charge in [0.15, 0.2) is 11.6 Å². The normalized spacial score (nSPS) is 17.1. The van der Waals surface area contributed by atoms with Crippen LogP contribution >= 0.6 is 11.8 Å². The summed E-state index contributed by atoms with van der Waals surface area (Å²) < 4.78 is 5.31. The Balaban J connectivity index is 2.09. The molecule has 3 nitrogen and oxygen atoms in total. The molecule has 1 aliphatic heterocycles. The van der Waals surface area contributed by atoms with E-state index < -0.39 is 0 Å². The molecule has 1 aliphatic rings. The van der Waals surface area contributed by atoms with Crippen LogP contribution in [0.5, 0.6) is 5.75 Å². The van der Waals surface area contributed by atoms with Gasteiger partial charge in [0, 0.05) is 11.7 Å². The summed E-state index contributed by atoms with van der Waals surface area (Å²) in [5.74, 6) is 4.21. The Morgan fingerprint density at radius 2 is 2.12 bits per heavy atom.